The summed E-state index contributed by atoms with van der Waals surface area (Å²) in [5, 5.41) is 2.50. The highest BCUT2D eigenvalue weighted by molar-refractivity contribution is 5.94. The van der Waals surface area contributed by atoms with Gasteiger partial charge >= 0.3 is 30.2 Å². The van der Waals surface area contributed by atoms with E-state index in [1.807, 2.05) is 6.92 Å². The molecule has 3 aliphatic rings. The van der Waals surface area contributed by atoms with E-state index in [0.29, 0.717) is 11.3 Å². The van der Waals surface area contributed by atoms with Crippen molar-refractivity contribution in [1.29, 1.82) is 0 Å². The van der Waals surface area contributed by atoms with Gasteiger partial charge in [-0.25, -0.2) is 37.1 Å². The summed E-state index contributed by atoms with van der Waals surface area (Å²) in [6.45, 7) is 22.2. The van der Waals surface area contributed by atoms with Crippen molar-refractivity contribution in [3.05, 3.63) is 35.1 Å². The van der Waals surface area contributed by atoms with E-state index >= 15 is 0 Å². The first-order chi connectivity index (χ1) is 33.0. The molecule has 2 saturated heterocycles. The second-order valence-electron chi connectivity index (χ2n) is 22.7. The molecule has 16 nitrogen and oxygen atoms in total. The lowest BCUT2D eigenvalue weighted by Gasteiger charge is -2.34. The first-order valence-electron chi connectivity index (χ1n) is 25.2. The second-order valence-corrected chi connectivity index (χ2v) is 22.7. The van der Waals surface area contributed by atoms with Gasteiger partial charge in [-0.1, -0.05) is 39.5 Å². The highest BCUT2D eigenvalue weighted by Crippen LogP contribution is 2.32. The third kappa shape index (κ3) is 19.6. The van der Waals surface area contributed by atoms with Crippen LogP contribution in [0.15, 0.2) is 12.1 Å². The van der Waals surface area contributed by atoms with E-state index in [1.54, 1.807) is 76.2 Å². The van der Waals surface area contributed by atoms with Crippen molar-refractivity contribution in [2.75, 3.05) is 33.0 Å². The Bertz CT molecular complexity index is 1880. The Morgan fingerprint density at radius 2 is 1.23 bits per heavy atom. The Morgan fingerprint density at radius 1 is 0.704 bits per heavy atom. The third-order valence-electron chi connectivity index (χ3n) is 12.4. The second kappa shape index (κ2) is 26.1. The monoisotopic (exact) mass is 1010 g/mol. The molecular formula is C52H81F3N2O14. The smallest absolute Gasteiger partial charge is 0.420 e. The minimum absolute atomic E-state index is 0.00205. The highest BCUT2D eigenvalue weighted by atomic mass is 19.2. The number of rotatable bonds is 15. The maximum absolute atomic E-state index is 14.4. The molecule has 0 bridgehead atoms. The van der Waals surface area contributed by atoms with E-state index < -0.39 is 107 Å². The van der Waals surface area contributed by atoms with Gasteiger partial charge in [-0.15, -0.1) is 0 Å². The highest BCUT2D eigenvalue weighted by Gasteiger charge is 2.45. The summed E-state index contributed by atoms with van der Waals surface area (Å²) in [6.07, 6.45) is 0.718. The van der Waals surface area contributed by atoms with E-state index in [9.17, 15) is 37.1 Å². The van der Waals surface area contributed by atoms with Gasteiger partial charge in [0, 0.05) is 18.4 Å². The molecule has 0 radical (unpaired) electrons. The van der Waals surface area contributed by atoms with Crippen molar-refractivity contribution in [2.45, 2.75) is 207 Å². The normalized spacial score (nSPS) is 26.2. The Morgan fingerprint density at radius 3 is 1.80 bits per heavy atom. The molecule has 3 amide bonds. The summed E-state index contributed by atoms with van der Waals surface area (Å²) in [4.78, 5) is 67.7. The van der Waals surface area contributed by atoms with Crippen molar-refractivity contribution >= 4 is 30.2 Å². The summed E-state index contributed by atoms with van der Waals surface area (Å²) in [5.41, 5.74) is -2.66. The molecule has 2 aliphatic heterocycles. The molecule has 1 aromatic carbocycles. The number of imide groups is 1. The van der Waals surface area contributed by atoms with Crippen LogP contribution in [0.4, 0.5) is 27.6 Å². The lowest BCUT2D eigenvalue weighted by molar-refractivity contribution is -0.167. The average molecular weight is 1020 g/mol. The maximum Gasteiger partial charge on any atom is 0.420 e. The number of amides is 3. The van der Waals surface area contributed by atoms with E-state index in [4.69, 9.17) is 42.6 Å². The maximum atomic E-state index is 14.4. The Balaban J connectivity index is 1.45. The van der Waals surface area contributed by atoms with Crippen LogP contribution in [0.2, 0.25) is 0 Å². The van der Waals surface area contributed by atoms with Crippen molar-refractivity contribution in [3.63, 3.8) is 0 Å². The van der Waals surface area contributed by atoms with Gasteiger partial charge in [-0.05, 0) is 138 Å². The van der Waals surface area contributed by atoms with Crippen LogP contribution < -0.4 is 5.32 Å². The molecule has 0 aromatic heterocycles. The average Bonchev–Trinajstić information content (AvgIpc) is 3.77. The number of hydrogen-bond donors (Lipinski definition) is 1. The number of benzene rings is 1. The fraction of sp³-hybridized carbons (Fsp3) is 0.788. The number of ether oxygens (including phenoxy) is 9. The van der Waals surface area contributed by atoms with Gasteiger partial charge in [0.2, 0.25) is 0 Å². The van der Waals surface area contributed by atoms with Crippen LogP contribution in [-0.4, -0.2) is 128 Å². The molecule has 2 heterocycles. The van der Waals surface area contributed by atoms with Gasteiger partial charge in [-0.2, -0.15) is 4.90 Å². The van der Waals surface area contributed by atoms with E-state index in [2.05, 4.69) is 12.2 Å². The molecule has 3 fully saturated rings. The van der Waals surface area contributed by atoms with Gasteiger partial charge in [0.25, 0.3) is 0 Å². The lowest BCUT2D eigenvalue weighted by Crippen LogP contribution is -2.54. The minimum Gasteiger partial charge on any atom is -0.458 e. The van der Waals surface area contributed by atoms with Crippen molar-refractivity contribution in [3.8, 4) is 0 Å². The number of hydrogen-bond acceptors (Lipinski definition) is 14. The van der Waals surface area contributed by atoms with E-state index in [-0.39, 0.29) is 68.9 Å². The standard InChI is InChI=1S/C52H81F3N2O14/c1-30(20-21-35-26-64-29-41(46(59)67-33(4)44(35)68-37-16-14-15-17-37)57(48(61)70-51(8,9)10)49(62)71-52(11,12)13)18-19-31(2)25-65-43-32(3)66-45(58)40(56-47(60)69-50(5,6)7)28-63-27-36(43)22-34-23-38(53)42(55)39(54)24-34/h23-24,30-33,35-37,40-41,43-44H,14-22,25-29H2,1-13H3,(H,56,60). The number of carbonyl (C=O) groups excluding carboxylic acids is 5. The van der Waals surface area contributed by atoms with Crippen LogP contribution in [0.3, 0.4) is 0 Å². The number of nitrogens with zero attached hydrogens (tertiary/aromatic N) is 1. The summed E-state index contributed by atoms with van der Waals surface area (Å²) in [7, 11) is 0. The van der Waals surface area contributed by atoms with Gasteiger partial charge in [-0.3, -0.25) is 0 Å². The number of esters is 2. The lowest BCUT2D eigenvalue weighted by atomic mass is 9.87. The topological polar surface area (TPSA) is 184 Å². The molecule has 10 atom stereocenters. The van der Waals surface area contributed by atoms with E-state index in [0.717, 1.165) is 57.1 Å². The molecule has 4 rings (SSSR count). The fourth-order valence-electron chi connectivity index (χ4n) is 8.87. The zero-order valence-electron chi connectivity index (χ0n) is 44.2. The minimum atomic E-state index is -1.59. The molecular weight excluding hydrogens is 934 g/mol. The predicted molar refractivity (Wildman–Crippen MR) is 255 cm³/mol. The van der Waals surface area contributed by atoms with Crippen molar-refractivity contribution in [1.82, 2.24) is 10.2 Å². The number of carbonyl (C=O) groups is 5. The quantitative estimate of drug-likeness (QED) is 0.0995. The van der Waals surface area contributed by atoms with Crippen LogP contribution in [-0.2, 0) is 58.6 Å². The van der Waals surface area contributed by atoms with Crippen LogP contribution in [0.25, 0.3) is 0 Å². The first-order valence-corrected chi connectivity index (χ1v) is 25.2. The molecule has 404 valence electrons. The van der Waals surface area contributed by atoms with Crippen LogP contribution >= 0.6 is 0 Å². The number of nitrogens with one attached hydrogen (secondary N) is 1. The number of alkyl carbamates (subject to hydrolysis) is 1. The van der Waals surface area contributed by atoms with Crippen molar-refractivity contribution in [2.24, 2.45) is 23.7 Å². The molecule has 1 saturated carbocycles. The SMILES string of the molecule is CC(CCC(C)COC1C(Cc2cc(F)c(F)c(F)c2)COCC(NC(=O)OC(C)(C)C)C(=O)OC1C)CCC1COCC(N(C(=O)OC(C)(C)C)C(=O)OC(C)(C)C)C(=O)OC(C)C1OC1CCCC1. The molecule has 1 aliphatic carbocycles. The van der Waals surface area contributed by atoms with Crippen LogP contribution in [0.1, 0.15) is 147 Å². The molecule has 71 heavy (non-hydrogen) atoms. The van der Waals surface area contributed by atoms with Gasteiger partial charge in [0.05, 0.1) is 44.7 Å². The summed E-state index contributed by atoms with van der Waals surface area (Å²) in [6, 6.07) is -0.878. The fourth-order valence-corrected chi connectivity index (χ4v) is 8.87. The summed E-state index contributed by atoms with van der Waals surface area (Å²) < 4.78 is 96.4. The molecule has 1 aromatic rings. The van der Waals surface area contributed by atoms with Crippen LogP contribution in [0, 0.1) is 41.1 Å². The Labute approximate surface area is 418 Å². The first kappa shape index (κ1) is 59.4. The summed E-state index contributed by atoms with van der Waals surface area (Å²) >= 11 is 0. The van der Waals surface area contributed by atoms with Gasteiger partial charge < -0.3 is 47.9 Å². The van der Waals surface area contributed by atoms with Gasteiger partial charge in [0.15, 0.2) is 29.5 Å². The zero-order valence-corrected chi connectivity index (χ0v) is 44.2. The van der Waals surface area contributed by atoms with Gasteiger partial charge in [0.1, 0.15) is 29.0 Å². The largest absolute Gasteiger partial charge is 0.458 e. The van der Waals surface area contributed by atoms with Crippen molar-refractivity contribution < 1.29 is 79.8 Å². The number of halogens is 3. The molecule has 0 spiro atoms. The molecule has 19 heteroatoms. The Kier molecular flexibility index (Phi) is 21.9. The number of cyclic esters (lactones) is 2. The molecule has 10 unspecified atom stereocenters. The third-order valence-corrected chi connectivity index (χ3v) is 12.4. The molecule has 1 N–H and O–H groups in total. The van der Waals surface area contributed by atoms with Crippen LogP contribution in [0.5, 0.6) is 0 Å². The Hall–Kier alpha value is -4.20. The van der Waals surface area contributed by atoms with E-state index in [1.165, 1.54) is 0 Å². The summed E-state index contributed by atoms with van der Waals surface area (Å²) in [5.74, 6) is -6.52. The predicted octanol–water partition coefficient (Wildman–Crippen LogP) is 9.78. The zero-order chi connectivity index (χ0) is 53.0.